The lowest BCUT2D eigenvalue weighted by Gasteiger charge is -2.37. The number of carbonyl (C=O) groups is 3. The molecule has 11 nitrogen and oxygen atoms in total. The van der Waals surface area contributed by atoms with Crippen LogP contribution in [0.3, 0.4) is 0 Å². The number of imide groups is 1. The van der Waals surface area contributed by atoms with E-state index in [-0.39, 0.29) is 19.6 Å². The van der Waals surface area contributed by atoms with Gasteiger partial charge in [-0.1, -0.05) is 37.3 Å². The molecule has 2 heterocycles. The molecule has 0 aromatic heterocycles. The highest BCUT2D eigenvalue weighted by atomic mass is 16.5. The number of amides is 3. The normalized spacial score (nSPS) is 17.8. The molecule has 1 unspecified atom stereocenters. The minimum absolute atomic E-state index is 0.0553. The molecule has 0 bridgehead atoms. The minimum atomic E-state index is -2.24. The lowest BCUT2D eigenvalue weighted by molar-refractivity contribution is -0.286. The fraction of sp³-hybridized carbons (Fsp3) is 0.423. The predicted molar refractivity (Wildman–Crippen MR) is 130 cm³/mol. The maximum absolute atomic E-state index is 13.0. The Bertz CT molecular complexity index is 1170. The van der Waals surface area contributed by atoms with Crippen LogP contribution in [0.4, 0.5) is 0 Å². The number of aliphatic hydroxyl groups is 3. The third-order valence-corrected chi connectivity index (χ3v) is 6.64. The van der Waals surface area contributed by atoms with E-state index < -0.39 is 29.4 Å². The average Bonchev–Trinajstić information content (AvgIpc) is 3.25. The average molecular weight is 514 g/mol. The Morgan fingerprint density at radius 1 is 1.08 bits per heavy atom. The highest BCUT2D eigenvalue weighted by Crippen LogP contribution is 2.35. The van der Waals surface area contributed by atoms with Gasteiger partial charge in [-0.15, -0.1) is 0 Å². The molecule has 1 saturated heterocycles. The fourth-order valence-electron chi connectivity index (χ4n) is 4.29. The first-order valence-corrected chi connectivity index (χ1v) is 12.1. The van der Waals surface area contributed by atoms with Crippen LogP contribution in [0.1, 0.15) is 47.3 Å². The van der Waals surface area contributed by atoms with Gasteiger partial charge in [-0.25, -0.2) is 4.90 Å². The second-order valence-corrected chi connectivity index (χ2v) is 9.15. The monoisotopic (exact) mass is 513 g/mol. The van der Waals surface area contributed by atoms with E-state index in [0.29, 0.717) is 48.7 Å². The van der Waals surface area contributed by atoms with Gasteiger partial charge in [0.25, 0.3) is 17.7 Å². The molecule has 4 N–H and O–H groups in total. The standard InChI is InChI=1S/C26H31N3O8/c1-3-22(30)27-24(32)25(2,33)29-15-20-19(23(29)31)5-4-6-21(20)37-16-17-7-9-18(10-8-17)26(34,35)28-11-13-36-14-12-28/h4-10,33-35H,3,11-16H2,1-2H3,(H,27,30,32). The third-order valence-electron chi connectivity index (χ3n) is 6.64. The molecule has 4 rings (SSSR count). The van der Waals surface area contributed by atoms with Gasteiger partial charge in [-0.05, 0) is 24.6 Å². The SMILES string of the molecule is CCC(=O)NC(=O)C(C)(O)N1Cc2c(OCc3ccc(C(O)(O)N4CCOCC4)cc3)cccc2C1=O. The number of ether oxygens (including phenoxy) is 2. The Morgan fingerprint density at radius 3 is 2.41 bits per heavy atom. The van der Waals surface area contributed by atoms with Crippen LogP contribution < -0.4 is 10.1 Å². The molecule has 0 spiro atoms. The minimum Gasteiger partial charge on any atom is -0.489 e. The molecule has 0 aliphatic carbocycles. The first-order valence-electron chi connectivity index (χ1n) is 12.1. The molecule has 2 aliphatic heterocycles. The molecular weight excluding hydrogens is 482 g/mol. The van der Waals surface area contributed by atoms with E-state index >= 15 is 0 Å². The maximum atomic E-state index is 13.0. The molecule has 37 heavy (non-hydrogen) atoms. The number of benzene rings is 2. The van der Waals surface area contributed by atoms with Crippen molar-refractivity contribution in [3.63, 3.8) is 0 Å². The van der Waals surface area contributed by atoms with Gasteiger partial charge >= 0.3 is 0 Å². The van der Waals surface area contributed by atoms with Gasteiger partial charge in [0, 0.05) is 36.2 Å². The summed E-state index contributed by atoms with van der Waals surface area (Å²) in [5.41, 5.74) is -0.364. The quantitative estimate of drug-likeness (QED) is 0.368. The second-order valence-electron chi connectivity index (χ2n) is 9.15. The van der Waals surface area contributed by atoms with E-state index in [1.54, 1.807) is 49.4 Å². The summed E-state index contributed by atoms with van der Waals surface area (Å²) < 4.78 is 11.2. The van der Waals surface area contributed by atoms with E-state index in [0.717, 1.165) is 17.4 Å². The van der Waals surface area contributed by atoms with Gasteiger partial charge in [0.05, 0.1) is 19.8 Å². The maximum Gasteiger partial charge on any atom is 0.279 e. The summed E-state index contributed by atoms with van der Waals surface area (Å²) >= 11 is 0. The van der Waals surface area contributed by atoms with Crippen LogP contribution in [-0.2, 0) is 33.4 Å². The van der Waals surface area contributed by atoms with Gasteiger partial charge in [-0.2, -0.15) is 0 Å². The Labute approximate surface area is 214 Å². The van der Waals surface area contributed by atoms with Crippen LogP contribution in [0.25, 0.3) is 0 Å². The molecule has 0 radical (unpaired) electrons. The molecule has 1 fully saturated rings. The van der Waals surface area contributed by atoms with E-state index in [9.17, 15) is 29.7 Å². The molecule has 2 aromatic rings. The van der Waals surface area contributed by atoms with Crippen LogP contribution in [0.2, 0.25) is 0 Å². The van der Waals surface area contributed by atoms with Crippen LogP contribution in [0.15, 0.2) is 42.5 Å². The van der Waals surface area contributed by atoms with Crippen LogP contribution in [-0.4, -0.2) is 74.9 Å². The molecule has 2 aliphatic rings. The van der Waals surface area contributed by atoms with Crippen LogP contribution in [0, 0.1) is 0 Å². The first-order chi connectivity index (χ1) is 17.6. The van der Waals surface area contributed by atoms with Crippen molar-refractivity contribution < 1.29 is 39.2 Å². The zero-order valence-corrected chi connectivity index (χ0v) is 20.8. The highest BCUT2D eigenvalue weighted by molar-refractivity contribution is 6.05. The first kappa shape index (κ1) is 26.7. The zero-order valence-electron chi connectivity index (χ0n) is 20.8. The summed E-state index contributed by atoms with van der Waals surface area (Å²) in [5, 5.41) is 34.1. The summed E-state index contributed by atoms with van der Waals surface area (Å²) in [6, 6.07) is 11.6. The van der Waals surface area contributed by atoms with Crippen molar-refractivity contribution in [2.45, 2.75) is 45.1 Å². The fourth-order valence-corrected chi connectivity index (χ4v) is 4.29. The Morgan fingerprint density at radius 2 is 1.76 bits per heavy atom. The molecule has 0 saturated carbocycles. The Kier molecular flexibility index (Phi) is 7.62. The van der Waals surface area contributed by atoms with Crippen LogP contribution >= 0.6 is 0 Å². The largest absolute Gasteiger partial charge is 0.489 e. The van der Waals surface area contributed by atoms with E-state index in [1.807, 2.05) is 0 Å². The number of nitrogens with zero attached hydrogens (tertiary/aromatic N) is 2. The zero-order chi connectivity index (χ0) is 26.8. The molecule has 198 valence electrons. The van der Waals surface area contributed by atoms with Crippen molar-refractivity contribution in [2.24, 2.45) is 0 Å². The van der Waals surface area contributed by atoms with E-state index in [2.05, 4.69) is 5.32 Å². The second kappa shape index (κ2) is 10.6. The van der Waals surface area contributed by atoms with Gasteiger partial charge < -0.3 is 24.8 Å². The summed E-state index contributed by atoms with van der Waals surface area (Å²) in [6.07, 6.45) is 0.0553. The molecule has 3 amide bonds. The lowest BCUT2D eigenvalue weighted by atomic mass is 10.1. The molecular formula is C26H31N3O8. The molecule has 2 aromatic carbocycles. The van der Waals surface area contributed by atoms with E-state index in [1.165, 1.54) is 4.90 Å². The predicted octanol–water partition coefficient (Wildman–Crippen LogP) is 0.410. The Balaban J connectivity index is 1.45. The van der Waals surface area contributed by atoms with Crippen molar-refractivity contribution in [3.05, 3.63) is 64.7 Å². The van der Waals surface area contributed by atoms with Gasteiger partial charge in [-0.3, -0.25) is 24.6 Å². The van der Waals surface area contributed by atoms with Gasteiger partial charge in [0.15, 0.2) is 0 Å². The van der Waals surface area contributed by atoms with Crippen molar-refractivity contribution in [2.75, 3.05) is 26.3 Å². The number of hydrogen-bond donors (Lipinski definition) is 4. The van der Waals surface area contributed by atoms with Gasteiger partial charge in [0.2, 0.25) is 11.6 Å². The number of carbonyl (C=O) groups excluding carboxylic acids is 3. The van der Waals surface area contributed by atoms with Crippen molar-refractivity contribution in [1.29, 1.82) is 0 Å². The summed E-state index contributed by atoms with van der Waals surface area (Å²) in [6.45, 7) is 4.43. The van der Waals surface area contributed by atoms with Crippen molar-refractivity contribution >= 4 is 17.7 Å². The number of nitrogens with one attached hydrogen (secondary N) is 1. The third kappa shape index (κ3) is 5.36. The number of fused-ring (bicyclic) bond motifs is 1. The van der Waals surface area contributed by atoms with E-state index in [4.69, 9.17) is 9.47 Å². The smallest absolute Gasteiger partial charge is 0.279 e. The molecule has 11 heteroatoms. The topological polar surface area (TPSA) is 149 Å². The molecule has 1 atom stereocenters. The van der Waals surface area contributed by atoms with Crippen molar-refractivity contribution in [1.82, 2.24) is 15.1 Å². The number of morpholine rings is 1. The number of hydrogen-bond acceptors (Lipinski definition) is 9. The van der Waals surface area contributed by atoms with Crippen molar-refractivity contribution in [3.8, 4) is 5.75 Å². The highest BCUT2D eigenvalue weighted by Gasteiger charge is 2.46. The number of rotatable bonds is 8. The van der Waals surface area contributed by atoms with Crippen LogP contribution in [0.5, 0.6) is 5.75 Å². The summed E-state index contributed by atoms with van der Waals surface area (Å²) in [4.78, 5) is 39.6. The Hall–Kier alpha value is -3.35. The summed E-state index contributed by atoms with van der Waals surface area (Å²) in [5.74, 6) is -3.80. The van der Waals surface area contributed by atoms with Gasteiger partial charge in [0.1, 0.15) is 12.4 Å². The summed E-state index contributed by atoms with van der Waals surface area (Å²) in [7, 11) is 0. The lowest BCUT2D eigenvalue weighted by Crippen LogP contribution is -2.58.